The van der Waals surface area contributed by atoms with Crippen molar-refractivity contribution in [3.05, 3.63) is 16.1 Å². The molecule has 0 atom stereocenters. The Labute approximate surface area is 130 Å². The van der Waals surface area contributed by atoms with Crippen LogP contribution < -0.4 is 10.1 Å². The number of rotatable bonds is 5. The molecular weight excluding hydrogens is 297 g/mol. The Morgan fingerprint density at radius 2 is 2.05 bits per heavy atom. The Kier molecular flexibility index (Phi) is 5.75. The highest BCUT2D eigenvalue weighted by atomic mass is 35.5. The second kappa shape index (κ2) is 7.34. The van der Waals surface area contributed by atoms with Crippen LogP contribution in [0.25, 0.3) is 0 Å². The second-order valence-corrected chi connectivity index (χ2v) is 5.97. The molecule has 20 heavy (non-hydrogen) atoms. The number of likely N-dealkylation sites (tertiary alicyclic amines) is 1. The first-order valence-corrected chi connectivity index (χ1v) is 7.81. The maximum Gasteiger partial charge on any atom is 0.234 e. The first kappa shape index (κ1) is 15.7. The number of aromatic nitrogens is 1. The lowest BCUT2D eigenvalue weighted by atomic mass is 10.1. The van der Waals surface area contributed by atoms with E-state index in [-0.39, 0.29) is 6.10 Å². The minimum atomic E-state index is 0.177. The second-order valence-electron chi connectivity index (χ2n) is 5.15. The third-order valence-corrected chi connectivity index (χ3v) is 3.94. The summed E-state index contributed by atoms with van der Waals surface area (Å²) >= 11 is 12.3. The molecule has 4 nitrogen and oxygen atoms in total. The Morgan fingerprint density at radius 3 is 2.70 bits per heavy atom. The highest BCUT2D eigenvalue weighted by Gasteiger charge is 2.20. The van der Waals surface area contributed by atoms with Crippen LogP contribution in [0.3, 0.4) is 0 Å². The van der Waals surface area contributed by atoms with Crippen LogP contribution in [0.2, 0.25) is 10.0 Å². The van der Waals surface area contributed by atoms with Gasteiger partial charge in [-0.1, -0.05) is 30.1 Å². The van der Waals surface area contributed by atoms with E-state index in [0.717, 1.165) is 38.9 Å². The number of anilines is 1. The van der Waals surface area contributed by atoms with Crippen molar-refractivity contribution in [2.45, 2.75) is 32.3 Å². The van der Waals surface area contributed by atoms with Gasteiger partial charge in [0.15, 0.2) is 0 Å². The standard InChI is InChI=1S/C14H21Cl2N3O/c1-3-6-17-13-11(15)9-12(16)14(18-13)20-10-4-7-19(2)8-5-10/h9-10H,3-8H2,1-2H3,(H,17,18). The van der Waals surface area contributed by atoms with Crippen LogP contribution in [-0.2, 0) is 0 Å². The first-order chi connectivity index (χ1) is 9.60. The van der Waals surface area contributed by atoms with E-state index in [4.69, 9.17) is 27.9 Å². The monoisotopic (exact) mass is 317 g/mol. The molecule has 0 bridgehead atoms. The third kappa shape index (κ3) is 4.14. The fraction of sp³-hybridized carbons (Fsp3) is 0.643. The van der Waals surface area contributed by atoms with Crippen molar-refractivity contribution in [1.29, 1.82) is 0 Å². The minimum absolute atomic E-state index is 0.177. The highest BCUT2D eigenvalue weighted by Crippen LogP contribution is 2.32. The molecule has 1 fully saturated rings. The Hall–Kier alpha value is -0.710. The van der Waals surface area contributed by atoms with Crippen LogP contribution in [0.15, 0.2) is 6.07 Å². The van der Waals surface area contributed by atoms with Gasteiger partial charge >= 0.3 is 0 Å². The van der Waals surface area contributed by atoms with Gasteiger partial charge in [-0.05, 0) is 32.4 Å². The van der Waals surface area contributed by atoms with Crippen LogP contribution in [0, 0.1) is 0 Å². The molecule has 0 unspecified atom stereocenters. The number of halogens is 2. The SMILES string of the molecule is CCCNc1nc(OC2CCN(C)CC2)c(Cl)cc1Cl. The predicted octanol–water partition coefficient (Wildman–Crippen LogP) is 3.68. The van der Waals surface area contributed by atoms with E-state index in [1.165, 1.54) is 0 Å². The zero-order valence-corrected chi connectivity index (χ0v) is 13.5. The van der Waals surface area contributed by atoms with Crippen molar-refractivity contribution in [3.63, 3.8) is 0 Å². The van der Waals surface area contributed by atoms with Crippen molar-refractivity contribution in [1.82, 2.24) is 9.88 Å². The number of hydrogen-bond donors (Lipinski definition) is 1. The summed E-state index contributed by atoms with van der Waals surface area (Å²) in [7, 11) is 2.12. The number of hydrogen-bond acceptors (Lipinski definition) is 4. The van der Waals surface area contributed by atoms with Gasteiger partial charge in [0.2, 0.25) is 5.88 Å². The molecule has 112 valence electrons. The maximum atomic E-state index is 6.17. The topological polar surface area (TPSA) is 37.4 Å². The van der Waals surface area contributed by atoms with E-state index in [1.54, 1.807) is 6.07 Å². The van der Waals surface area contributed by atoms with Gasteiger partial charge in [0, 0.05) is 19.6 Å². The minimum Gasteiger partial charge on any atom is -0.473 e. The van der Waals surface area contributed by atoms with E-state index >= 15 is 0 Å². The normalized spacial score (nSPS) is 17.2. The summed E-state index contributed by atoms with van der Waals surface area (Å²) in [6.45, 7) is 4.99. The number of ether oxygens (including phenoxy) is 1. The van der Waals surface area contributed by atoms with E-state index in [0.29, 0.717) is 21.7 Å². The number of nitrogens with one attached hydrogen (secondary N) is 1. The maximum absolute atomic E-state index is 6.17. The summed E-state index contributed by atoms with van der Waals surface area (Å²) < 4.78 is 5.94. The lowest BCUT2D eigenvalue weighted by Gasteiger charge is -2.29. The van der Waals surface area contributed by atoms with E-state index < -0.39 is 0 Å². The largest absolute Gasteiger partial charge is 0.473 e. The summed E-state index contributed by atoms with van der Waals surface area (Å²) in [5.74, 6) is 1.12. The van der Waals surface area contributed by atoms with E-state index in [1.807, 2.05) is 0 Å². The van der Waals surface area contributed by atoms with Crippen LogP contribution in [0.5, 0.6) is 5.88 Å². The molecule has 0 amide bonds. The van der Waals surface area contributed by atoms with E-state index in [2.05, 4.69) is 29.2 Å². The molecule has 6 heteroatoms. The van der Waals surface area contributed by atoms with Gasteiger partial charge in [0.25, 0.3) is 0 Å². The molecule has 0 aromatic carbocycles. The number of pyridine rings is 1. The molecule has 1 aromatic heterocycles. The zero-order valence-electron chi connectivity index (χ0n) is 12.0. The van der Waals surface area contributed by atoms with Gasteiger partial charge in [-0.2, -0.15) is 4.98 Å². The molecule has 1 aliphatic heterocycles. The predicted molar refractivity (Wildman–Crippen MR) is 84.2 cm³/mol. The summed E-state index contributed by atoms with van der Waals surface area (Å²) in [4.78, 5) is 6.71. The average Bonchev–Trinajstić information content (AvgIpc) is 2.43. The third-order valence-electron chi connectivity index (χ3n) is 3.38. The van der Waals surface area contributed by atoms with Gasteiger partial charge in [0.05, 0.1) is 5.02 Å². The molecule has 2 rings (SSSR count). The molecule has 1 saturated heterocycles. The number of piperidine rings is 1. The van der Waals surface area contributed by atoms with Gasteiger partial charge in [-0.3, -0.25) is 0 Å². The molecule has 0 aliphatic carbocycles. The van der Waals surface area contributed by atoms with Crippen molar-refractivity contribution in [2.75, 3.05) is 32.0 Å². The lowest BCUT2D eigenvalue weighted by molar-refractivity contribution is 0.110. The fourth-order valence-electron chi connectivity index (χ4n) is 2.16. The van der Waals surface area contributed by atoms with Crippen molar-refractivity contribution in [3.8, 4) is 5.88 Å². The highest BCUT2D eigenvalue weighted by molar-refractivity contribution is 6.36. The number of nitrogens with zero attached hydrogens (tertiary/aromatic N) is 2. The van der Waals surface area contributed by atoms with Crippen molar-refractivity contribution < 1.29 is 4.74 Å². The van der Waals surface area contributed by atoms with Crippen molar-refractivity contribution in [2.24, 2.45) is 0 Å². The molecule has 0 spiro atoms. The molecular formula is C14H21Cl2N3O. The zero-order chi connectivity index (χ0) is 14.5. The summed E-state index contributed by atoms with van der Waals surface area (Å²) in [6.07, 6.45) is 3.17. The van der Waals surface area contributed by atoms with Crippen LogP contribution in [0.4, 0.5) is 5.82 Å². The van der Waals surface area contributed by atoms with Gasteiger partial charge in [-0.15, -0.1) is 0 Å². The first-order valence-electron chi connectivity index (χ1n) is 7.05. The van der Waals surface area contributed by atoms with Crippen molar-refractivity contribution >= 4 is 29.0 Å². The lowest BCUT2D eigenvalue weighted by Crippen LogP contribution is -2.35. The average molecular weight is 318 g/mol. The Balaban J connectivity index is 2.06. The molecule has 0 saturated carbocycles. The molecule has 1 aromatic rings. The summed E-state index contributed by atoms with van der Waals surface area (Å²) in [5, 5.41) is 4.18. The molecule has 1 aliphatic rings. The molecule has 2 heterocycles. The molecule has 1 N–H and O–H groups in total. The summed E-state index contributed by atoms with van der Waals surface area (Å²) in [5.41, 5.74) is 0. The Bertz CT molecular complexity index is 448. The molecule has 0 radical (unpaired) electrons. The van der Waals surface area contributed by atoms with Crippen LogP contribution in [0.1, 0.15) is 26.2 Å². The van der Waals surface area contributed by atoms with Crippen LogP contribution in [-0.4, -0.2) is 42.7 Å². The van der Waals surface area contributed by atoms with Crippen LogP contribution >= 0.6 is 23.2 Å². The van der Waals surface area contributed by atoms with Gasteiger partial charge in [-0.25, -0.2) is 0 Å². The van der Waals surface area contributed by atoms with E-state index in [9.17, 15) is 0 Å². The summed E-state index contributed by atoms with van der Waals surface area (Å²) in [6, 6.07) is 1.69. The van der Waals surface area contributed by atoms with Gasteiger partial charge in [0.1, 0.15) is 16.9 Å². The smallest absolute Gasteiger partial charge is 0.234 e. The quantitative estimate of drug-likeness (QED) is 0.898. The fourth-order valence-corrected chi connectivity index (χ4v) is 2.63. The Morgan fingerprint density at radius 1 is 1.35 bits per heavy atom. The van der Waals surface area contributed by atoms with Gasteiger partial charge < -0.3 is 15.0 Å².